The molecule has 0 bridgehead atoms. The summed E-state index contributed by atoms with van der Waals surface area (Å²) in [7, 11) is 1.73. The van der Waals surface area contributed by atoms with Crippen LogP contribution < -0.4 is 16.0 Å². The fraction of sp³-hybridized carbons (Fsp3) is 0.412. The van der Waals surface area contributed by atoms with E-state index in [9.17, 15) is 4.79 Å². The maximum Gasteiger partial charge on any atom is 0.321 e. The number of nitrogens with one attached hydrogen (secondary N) is 3. The Morgan fingerprint density at radius 1 is 1.35 bits per heavy atom. The molecule has 0 aromatic heterocycles. The largest absolute Gasteiger partial charge is 0.353 e. The van der Waals surface area contributed by atoms with Gasteiger partial charge in [0.05, 0.1) is 0 Å². The Bertz CT molecular complexity index is 564. The van der Waals surface area contributed by atoms with Crippen molar-refractivity contribution in [3.05, 3.63) is 42.5 Å². The Hall–Kier alpha value is -2.50. The van der Waals surface area contributed by atoms with Gasteiger partial charge in [0, 0.05) is 38.9 Å². The molecule has 23 heavy (non-hydrogen) atoms. The molecule has 124 valence electrons. The molecule has 1 saturated heterocycles. The number of amides is 2. The lowest BCUT2D eigenvalue weighted by atomic mass is 10.2. The third-order valence-electron chi connectivity index (χ3n) is 3.67. The minimum absolute atomic E-state index is 0.0175. The van der Waals surface area contributed by atoms with Gasteiger partial charge in [-0.15, -0.1) is 6.58 Å². The Morgan fingerprint density at radius 3 is 2.83 bits per heavy atom. The number of nitrogens with zero attached hydrogens (tertiary/aromatic N) is 2. The highest BCUT2D eigenvalue weighted by molar-refractivity contribution is 5.89. The maximum absolute atomic E-state index is 12.1. The average molecular weight is 315 g/mol. The van der Waals surface area contributed by atoms with Crippen LogP contribution in [-0.4, -0.2) is 43.6 Å². The molecular weight excluding hydrogens is 290 g/mol. The third kappa shape index (κ3) is 5.32. The van der Waals surface area contributed by atoms with Crippen LogP contribution in [0.1, 0.15) is 18.4 Å². The van der Waals surface area contributed by atoms with Gasteiger partial charge in [-0.1, -0.05) is 18.2 Å². The number of likely N-dealkylation sites (tertiary alicyclic amines) is 1. The molecule has 6 heteroatoms. The third-order valence-corrected chi connectivity index (χ3v) is 3.67. The normalized spacial score (nSPS) is 14.5. The van der Waals surface area contributed by atoms with E-state index in [2.05, 4.69) is 27.5 Å². The summed E-state index contributed by atoms with van der Waals surface area (Å²) in [4.78, 5) is 18.1. The Kier molecular flexibility index (Phi) is 6.47. The number of hydrogen-bond acceptors (Lipinski definition) is 2. The van der Waals surface area contributed by atoms with Crippen molar-refractivity contribution < 1.29 is 4.79 Å². The van der Waals surface area contributed by atoms with E-state index in [-0.39, 0.29) is 6.03 Å². The van der Waals surface area contributed by atoms with E-state index >= 15 is 0 Å². The minimum atomic E-state index is -0.0175. The molecule has 1 fully saturated rings. The first kappa shape index (κ1) is 16.9. The number of guanidine groups is 1. The van der Waals surface area contributed by atoms with Crippen molar-refractivity contribution in [3.63, 3.8) is 0 Å². The molecule has 0 atom stereocenters. The van der Waals surface area contributed by atoms with Crippen LogP contribution in [0.15, 0.2) is 41.9 Å². The number of anilines is 1. The number of aliphatic imine (C=N–C) groups is 1. The van der Waals surface area contributed by atoms with Gasteiger partial charge in [-0.25, -0.2) is 4.79 Å². The first-order chi connectivity index (χ1) is 11.2. The van der Waals surface area contributed by atoms with E-state index in [1.54, 1.807) is 13.1 Å². The van der Waals surface area contributed by atoms with Gasteiger partial charge in [-0.2, -0.15) is 0 Å². The van der Waals surface area contributed by atoms with Gasteiger partial charge in [0.2, 0.25) is 0 Å². The Balaban J connectivity index is 1.88. The van der Waals surface area contributed by atoms with Gasteiger partial charge < -0.3 is 20.9 Å². The fourth-order valence-corrected chi connectivity index (χ4v) is 2.46. The van der Waals surface area contributed by atoms with Crippen molar-refractivity contribution in [2.75, 3.05) is 32.0 Å². The summed E-state index contributed by atoms with van der Waals surface area (Å²) in [5, 5.41) is 9.30. The van der Waals surface area contributed by atoms with Gasteiger partial charge in [0.1, 0.15) is 0 Å². The van der Waals surface area contributed by atoms with Gasteiger partial charge in [0.15, 0.2) is 5.96 Å². The number of carbonyl (C=O) groups excluding carboxylic acids is 1. The number of hydrogen-bond donors (Lipinski definition) is 3. The predicted octanol–water partition coefficient (Wildman–Crippen LogP) is 2.17. The summed E-state index contributed by atoms with van der Waals surface area (Å²) < 4.78 is 0. The van der Waals surface area contributed by atoms with Crippen molar-refractivity contribution in [1.82, 2.24) is 15.5 Å². The molecular formula is C17H25N5O. The van der Waals surface area contributed by atoms with Crippen LogP contribution in [-0.2, 0) is 6.54 Å². The zero-order valence-corrected chi connectivity index (χ0v) is 13.6. The molecule has 1 heterocycles. The van der Waals surface area contributed by atoms with E-state index in [0.717, 1.165) is 43.1 Å². The molecule has 1 aromatic rings. The highest BCUT2D eigenvalue weighted by Gasteiger charge is 2.17. The summed E-state index contributed by atoms with van der Waals surface area (Å²) in [6.45, 7) is 6.65. The highest BCUT2D eigenvalue weighted by atomic mass is 16.2. The number of carbonyl (C=O) groups is 1. The van der Waals surface area contributed by atoms with Crippen LogP contribution in [0.2, 0.25) is 0 Å². The second kappa shape index (κ2) is 8.82. The molecule has 0 spiro atoms. The van der Waals surface area contributed by atoms with Gasteiger partial charge in [0.25, 0.3) is 0 Å². The summed E-state index contributed by atoms with van der Waals surface area (Å²) in [6.07, 6.45) is 3.96. The lowest BCUT2D eigenvalue weighted by Gasteiger charge is -2.17. The van der Waals surface area contributed by atoms with E-state index in [1.165, 1.54) is 0 Å². The molecule has 0 aliphatic carbocycles. The SMILES string of the molecule is C=CCNC(=NC)NCc1cccc(NC(=O)N2CCCC2)c1. The van der Waals surface area contributed by atoms with Crippen molar-refractivity contribution in [3.8, 4) is 0 Å². The molecule has 0 radical (unpaired) electrons. The molecule has 1 aliphatic heterocycles. The number of rotatable bonds is 5. The van der Waals surface area contributed by atoms with E-state index in [1.807, 2.05) is 29.2 Å². The summed E-state index contributed by atoms with van der Waals surface area (Å²) in [5.74, 6) is 0.719. The molecule has 1 aromatic carbocycles. The van der Waals surface area contributed by atoms with Crippen LogP contribution in [0, 0.1) is 0 Å². The lowest BCUT2D eigenvalue weighted by molar-refractivity contribution is 0.222. The second-order valence-corrected chi connectivity index (χ2v) is 5.42. The summed E-state index contributed by atoms with van der Waals surface area (Å²) in [6, 6.07) is 7.82. The van der Waals surface area contributed by atoms with Gasteiger partial charge >= 0.3 is 6.03 Å². The topological polar surface area (TPSA) is 68.8 Å². The maximum atomic E-state index is 12.1. The minimum Gasteiger partial charge on any atom is -0.353 e. The molecule has 1 aliphatic rings. The molecule has 2 amide bonds. The molecule has 2 rings (SSSR count). The van der Waals surface area contributed by atoms with Crippen molar-refractivity contribution in [2.24, 2.45) is 4.99 Å². The standard InChI is InChI=1S/C17H25N5O/c1-3-9-19-16(18-2)20-13-14-7-6-8-15(12-14)21-17(23)22-10-4-5-11-22/h3,6-8,12H,1,4-5,9-11,13H2,2H3,(H,21,23)(H2,18,19,20). The van der Waals surface area contributed by atoms with Crippen LogP contribution >= 0.6 is 0 Å². The van der Waals surface area contributed by atoms with E-state index < -0.39 is 0 Å². The van der Waals surface area contributed by atoms with Gasteiger partial charge in [-0.3, -0.25) is 4.99 Å². The predicted molar refractivity (Wildman–Crippen MR) is 94.7 cm³/mol. The molecule has 3 N–H and O–H groups in total. The van der Waals surface area contributed by atoms with Crippen molar-refractivity contribution >= 4 is 17.7 Å². The monoisotopic (exact) mass is 315 g/mol. The molecule has 6 nitrogen and oxygen atoms in total. The average Bonchev–Trinajstić information content (AvgIpc) is 3.10. The smallest absolute Gasteiger partial charge is 0.321 e. The quantitative estimate of drug-likeness (QED) is 0.443. The van der Waals surface area contributed by atoms with E-state index in [0.29, 0.717) is 13.1 Å². The zero-order valence-electron chi connectivity index (χ0n) is 13.6. The first-order valence-electron chi connectivity index (χ1n) is 7.93. The number of urea groups is 1. The summed E-state index contributed by atoms with van der Waals surface area (Å²) >= 11 is 0. The van der Waals surface area contributed by atoms with Crippen LogP contribution in [0.3, 0.4) is 0 Å². The van der Waals surface area contributed by atoms with Crippen molar-refractivity contribution in [2.45, 2.75) is 19.4 Å². The second-order valence-electron chi connectivity index (χ2n) is 5.42. The van der Waals surface area contributed by atoms with Crippen LogP contribution in [0.4, 0.5) is 10.5 Å². The zero-order chi connectivity index (χ0) is 16.5. The Labute approximate surface area is 137 Å². The van der Waals surface area contributed by atoms with Crippen LogP contribution in [0.25, 0.3) is 0 Å². The lowest BCUT2D eigenvalue weighted by Crippen LogP contribution is -2.36. The molecule has 0 saturated carbocycles. The van der Waals surface area contributed by atoms with Crippen molar-refractivity contribution in [1.29, 1.82) is 0 Å². The highest BCUT2D eigenvalue weighted by Crippen LogP contribution is 2.14. The molecule has 0 unspecified atom stereocenters. The number of benzene rings is 1. The van der Waals surface area contributed by atoms with Gasteiger partial charge in [-0.05, 0) is 30.5 Å². The first-order valence-corrected chi connectivity index (χ1v) is 7.93. The fourth-order valence-electron chi connectivity index (χ4n) is 2.46. The van der Waals surface area contributed by atoms with Crippen LogP contribution in [0.5, 0.6) is 0 Å². The van der Waals surface area contributed by atoms with E-state index in [4.69, 9.17) is 0 Å². The Morgan fingerprint density at radius 2 is 2.13 bits per heavy atom. The summed E-state index contributed by atoms with van der Waals surface area (Å²) in [5.41, 5.74) is 1.89.